The van der Waals surface area contributed by atoms with Crippen molar-refractivity contribution in [1.82, 2.24) is 4.98 Å². The van der Waals surface area contributed by atoms with Crippen LogP contribution in [-0.2, 0) is 4.74 Å². The number of nitrogens with zero attached hydrogens (tertiary/aromatic N) is 2. The molecule has 1 heterocycles. The minimum atomic E-state index is 0.419. The van der Waals surface area contributed by atoms with E-state index in [1.807, 2.05) is 13.0 Å². The van der Waals surface area contributed by atoms with Crippen molar-refractivity contribution in [2.45, 2.75) is 6.92 Å². The highest BCUT2D eigenvalue weighted by Gasteiger charge is 2.02. The number of aliphatic imine (C=N–C) groups is 1. The van der Waals surface area contributed by atoms with Crippen LogP contribution in [0, 0.1) is 11.8 Å². The van der Waals surface area contributed by atoms with Crippen molar-refractivity contribution in [2.75, 3.05) is 12.8 Å². The Hall–Kier alpha value is -2.54. The predicted molar refractivity (Wildman–Crippen MR) is 73.9 cm³/mol. The number of nitrogen functional groups attached to an aromatic ring is 1. The number of ether oxygens (including phenoxy) is 1. The van der Waals surface area contributed by atoms with E-state index in [9.17, 15) is 0 Å². The molecule has 1 aromatic heterocycles. The molecule has 92 valence electrons. The second kappa shape index (κ2) is 6.92. The number of nitrogens with two attached hydrogens (primary N) is 1. The van der Waals surface area contributed by atoms with Gasteiger partial charge in [-0.2, -0.15) is 0 Å². The summed E-state index contributed by atoms with van der Waals surface area (Å²) >= 11 is 0. The fraction of sp³-hybridized carbons (Fsp3) is 0.143. The van der Waals surface area contributed by atoms with Gasteiger partial charge in [0.05, 0.1) is 23.9 Å². The topological polar surface area (TPSA) is 60.5 Å². The molecule has 4 heteroatoms. The summed E-state index contributed by atoms with van der Waals surface area (Å²) in [7, 11) is 1.53. The van der Waals surface area contributed by atoms with Crippen LogP contribution in [0.4, 0.5) is 5.69 Å². The van der Waals surface area contributed by atoms with Crippen molar-refractivity contribution in [3.8, 4) is 11.8 Å². The van der Waals surface area contributed by atoms with Gasteiger partial charge in [-0.25, -0.2) is 4.99 Å². The minimum Gasteiger partial charge on any atom is -0.480 e. The molecule has 0 fully saturated rings. The molecule has 1 rings (SSSR count). The lowest BCUT2D eigenvalue weighted by Gasteiger charge is -2.01. The van der Waals surface area contributed by atoms with Crippen LogP contribution in [0.2, 0.25) is 0 Å². The molecule has 1 aromatic rings. The first-order chi connectivity index (χ1) is 8.72. The summed E-state index contributed by atoms with van der Waals surface area (Å²) in [6, 6.07) is 1.70. The van der Waals surface area contributed by atoms with E-state index in [4.69, 9.17) is 10.5 Å². The predicted octanol–water partition coefficient (Wildman–Crippen LogP) is 2.15. The van der Waals surface area contributed by atoms with Crippen LogP contribution >= 0.6 is 0 Å². The van der Waals surface area contributed by atoms with E-state index in [2.05, 4.69) is 28.4 Å². The van der Waals surface area contributed by atoms with Gasteiger partial charge in [-0.1, -0.05) is 24.5 Å². The number of methoxy groups -OCH3 is 1. The third-order valence-electron chi connectivity index (χ3n) is 2.11. The monoisotopic (exact) mass is 241 g/mol. The lowest BCUT2D eigenvalue weighted by molar-refractivity contribution is 0.405. The maximum absolute atomic E-state index is 5.78. The van der Waals surface area contributed by atoms with Crippen LogP contribution in [0.3, 0.4) is 0 Å². The van der Waals surface area contributed by atoms with E-state index in [0.717, 1.165) is 0 Å². The Bertz CT molecular complexity index is 548. The Labute approximate surface area is 107 Å². The third-order valence-corrected chi connectivity index (χ3v) is 2.11. The van der Waals surface area contributed by atoms with Crippen LogP contribution in [0.5, 0.6) is 0 Å². The van der Waals surface area contributed by atoms with E-state index in [0.29, 0.717) is 22.7 Å². The molecule has 0 bridgehead atoms. The summed E-state index contributed by atoms with van der Waals surface area (Å²) < 4.78 is 5.12. The fourth-order valence-corrected chi connectivity index (χ4v) is 1.21. The highest BCUT2D eigenvalue weighted by atomic mass is 16.5. The first kappa shape index (κ1) is 13.5. The molecule has 0 saturated carbocycles. The Kier molecular flexibility index (Phi) is 5.20. The summed E-state index contributed by atoms with van der Waals surface area (Å²) in [6.45, 7) is 5.38. The second-order valence-electron chi connectivity index (χ2n) is 3.24. The van der Waals surface area contributed by atoms with Crippen molar-refractivity contribution >= 4 is 11.6 Å². The van der Waals surface area contributed by atoms with Gasteiger partial charge in [0, 0.05) is 18.6 Å². The SMILES string of the molecule is C=CN=C(OC)/C(C#Cc1cnccc1N)=C\C. The van der Waals surface area contributed by atoms with Gasteiger partial charge in [0.15, 0.2) is 0 Å². The zero-order chi connectivity index (χ0) is 13.4. The van der Waals surface area contributed by atoms with Crippen molar-refractivity contribution in [1.29, 1.82) is 0 Å². The standard InChI is InChI=1S/C14H15N3O/c1-4-11(14(18-3)17-5-2)6-7-12-10-16-9-8-13(12)15/h4-5,8-10H,2H2,1,3H3,(H2,15,16)/b11-4-,17-14?. The number of hydrogen-bond acceptors (Lipinski definition) is 4. The van der Waals surface area contributed by atoms with Crippen LogP contribution in [0.25, 0.3) is 0 Å². The third kappa shape index (κ3) is 3.49. The summed E-state index contributed by atoms with van der Waals surface area (Å²) in [4.78, 5) is 7.96. The van der Waals surface area contributed by atoms with E-state index in [1.54, 1.807) is 18.5 Å². The van der Waals surface area contributed by atoms with E-state index >= 15 is 0 Å². The number of anilines is 1. The maximum atomic E-state index is 5.78. The fourth-order valence-electron chi connectivity index (χ4n) is 1.21. The summed E-state index contributed by atoms with van der Waals surface area (Å²) in [6.07, 6.45) is 6.46. The molecule has 0 amide bonds. The molecule has 0 radical (unpaired) electrons. The lowest BCUT2D eigenvalue weighted by atomic mass is 10.2. The number of allylic oxidation sites excluding steroid dienone is 1. The zero-order valence-corrected chi connectivity index (χ0v) is 10.5. The summed E-state index contributed by atoms with van der Waals surface area (Å²) in [5, 5.41) is 0. The quantitative estimate of drug-likeness (QED) is 0.490. The Morgan fingerprint density at radius 3 is 2.94 bits per heavy atom. The molecule has 0 aliphatic rings. The minimum absolute atomic E-state index is 0.419. The Morgan fingerprint density at radius 2 is 2.39 bits per heavy atom. The highest BCUT2D eigenvalue weighted by Crippen LogP contribution is 2.07. The normalized spacial score (nSPS) is 11.4. The van der Waals surface area contributed by atoms with E-state index in [1.165, 1.54) is 13.3 Å². The van der Waals surface area contributed by atoms with Gasteiger partial charge in [0.25, 0.3) is 0 Å². The first-order valence-corrected chi connectivity index (χ1v) is 5.33. The second-order valence-corrected chi connectivity index (χ2v) is 3.24. The number of rotatable bonds is 2. The van der Waals surface area contributed by atoms with E-state index in [-0.39, 0.29) is 0 Å². The van der Waals surface area contributed by atoms with Crippen LogP contribution in [-0.4, -0.2) is 18.0 Å². The van der Waals surface area contributed by atoms with Gasteiger partial charge in [0.2, 0.25) is 5.90 Å². The van der Waals surface area contributed by atoms with Gasteiger partial charge < -0.3 is 10.5 Å². The largest absolute Gasteiger partial charge is 0.480 e. The molecule has 0 aliphatic carbocycles. The highest BCUT2D eigenvalue weighted by molar-refractivity contribution is 5.98. The molecule has 18 heavy (non-hydrogen) atoms. The lowest BCUT2D eigenvalue weighted by Crippen LogP contribution is -2.03. The average molecular weight is 241 g/mol. The molecule has 0 saturated heterocycles. The molecule has 0 aliphatic heterocycles. The van der Waals surface area contributed by atoms with Crippen LogP contribution in [0.1, 0.15) is 12.5 Å². The van der Waals surface area contributed by atoms with Gasteiger partial charge in [-0.3, -0.25) is 4.98 Å². The molecule has 2 N–H and O–H groups in total. The van der Waals surface area contributed by atoms with Crippen LogP contribution < -0.4 is 5.73 Å². The summed E-state index contributed by atoms with van der Waals surface area (Å²) in [5.41, 5.74) is 7.71. The Morgan fingerprint density at radius 1 is 1.61 bits per heavy atom. The molecule has 0 spiro atoms. The number of hydrogen-bond donors (Lipinski definition) is 1. The van der Waals surface area contributed by atoms with Crippen molar-refractivity contribution < 1.29 is 4.74 Å². The van der Waals surface area contributed by atoms with Crippen molar-refractivity contribution in [2.24, 2.45) is 4.99 Å². The summed E-state index contributed by atoms with van der Waals surface area (Å²) in [5.74, 6) is 6.31. The van der Waals surface area contributed by atoms with Gasteiger partial charge in [0.1, 0.15) is 0 Å². The molecule has 0 unspecified atom stereocenters. The number of aromatic nitrogens is 1. The van der Waals surface area contributed by atoms with Gasteiger partial charge in [-0.15, -0.1) is 0 Å². The van der Waals surface area contributed by atoms with Gasteiger partial charge >= 0.3 is 0 Å². The maximum Gasteiger partial charge on any atom is 0.228 e. The number of pyridine rings is 1. The molecule has 0 atom stereocenters. The molecule has 0 aromatic carbocycles. The first-order valence-electron chi connectivity index (χ1n) is 5.33. The van der Waals surface area contributed by atoms with Crippen LogP contribution in [0.15, 0.2) is 47.9 Å². The van der Waals surface area contributed by atoms with Crippen molar-refractivity contribution in [3.63, 3.8) is 0 Å². The van der Waals surface area contributed by atoms with Gasteiger partial charge in [-0.05, 0) is 13.0 Å². The zero-order valence-electron chi connectivity index (χ0n) is 10.5. The molecular formula is C14H15N3O. The average Bonchev–Trinajstić information content (AvgIpc) is 2.40. The van der Waals surface area contributed by atoms with E-state index < -0.39 is 0 Å². The molecule has 4 nitrogen and oxygen atoms in total. The smallest absolute Gasteiger partial charge is 0.228 e. The van der Waals surface area contributed by atoms with Crippen molar-refractivity contribution in [3.05, 3.63) is 48.5 Å². The molecular weight excluding hydrogens is 226 g/mol. The Balaban J connectivity index is 3.06.